The summed E-state index contributed by atoms with van der Waals surface area (Å²) in [6.07, 6.45) is 0.925. The van der Waals surface area contributed by atoms with Gasteiger partial charge in [0, 0.05) is 0 Å². The van der Waals surface area contributed by atoms with Crippen molar-refractivity contribution in [2.24, 2.45) is 0 Å². The van der Waals surface area contributed by atoms with Gasteiger partial charge in [0.25, 0.3) is 0 Å². The highest BCUT2D eigenvalue weighted by atomic mass is 16.5. The smallest absolute Gasteiger partial charge is 0.139 e. The van der Waals surface area contributed by atoms with Gasteiger partial charge in [-0.05, 0) is 20.9 Å². The molecule has 1 atom stereocenters. The zero-order valence-corrected chi connectivity index (χ0v) is 6.63. The molecule has 1 heterocycles. The van der Waals surface area contributed by atoms with Crippen LogP contribution in [0.5, 0.6) is 0 Å². The molecule has 1 fully saturated rings. The number of carbonyl (C=O) groups excluding carboxylic acids is 1. The molecule has 0 aromatic carbocycles. The Kier molecular flexibility index (Phi) is 1.79. The van der Waals surface area contributed by atoms with E-state index in [0.29, 0.717) is 6.61 Å². The molecule has 0 amide bonds. The van der Waals surface area contributed by atoms with Crippen molar-refractivity contribution in [3.05, 3.63) is 0 Å². The minimum absolute atomic E-state index is 0.0602. The number of rotatable bonds is 1. The van der Waals surface area contributed by atoms with Gasteiger partial charge < -0.3 is 9.53 Å². The van der Waals surface area contributed by atoms with Crippen molar-refractivity contribution in [1.82, 2.24) is 4.90 Å². The van der Waals surface area contributed by atoms with Crippen LogP contribution in [-0.4, -0.2) is 36.6 Å². The summed E-state index contributed by atoms with van der Waals surface area (Å²) >= 11 is 0. The largest absolute Gasteiger partial charge is 0.359 e. The second-order valence-electron chi connectivity index (χ2n) is 3.07. The van der Waals surface area contributed by atoms with Crippen molar-refractivity contribution < 1.29 is 9.53 Å². The predicted octanol–water partition coefficient (Wildman–Crippen LogP) is 0.252. The Balaban J connectivity index is 2.66. The third kappa shape index (κ3) is 1.07. The number of hydrogen-bond acceptors (Lipinski definition) is 3. The van der Waals surface area contributed by atoms with Crippen molar-refractivity contribution in [3.63, 3.8) is 0 Å². The molecule has 0 saturated carbocycles. The van der Waals surface area contributed by atoms with E-state index in [-0.39, 0.29) is 11.8 Å². The van der Waals surface area contributed by atoms with Gasteiger partial charge in [-0.15, -0.1) is 0 Å². The number of nitrogens with zero attached hydrogens (tertiary/aromatic N) is 1. The molecule has 0 bridgehead atoms. The van der Waals surface area contributed by atoms with E-state index in [1.807, 2.05) is 25.8 Å². The van der Waals surface area contributed by atoms with Crippen LogP contribution in [0.4, 0.5) is 0 Å². The molecule has 0 N–H and O–H groups in total. The fourth-order valence-electron chi connectivity index (χ4n) is 1.03. The molecule has 0 aromatic heterocycles. The summed E-state index contributed by atoms with van der Waals surface area (Å²) in [5.41, 5.74) is -0.272. The summed E-state index contributed by atoms with van der Waals surface area (Å²) in [6.45, 7) is 4.43. The molecule has 1 aliphatic heterocycles. The van der Waals surface area contributed by atoms with Crippen LogP contribution in [0.15, 0.2) is 0 Å². The summed E-state index contributed by atoms with van der Waals surface area (Å²) in [5, 5.41) is 0. The summed E-state index contributed by atoms with van der Waals surface area (Å²) < 4.78 is 5.35. The van der Waals surface area contributed by atoms with Gasteiger partial charge in [-0.3, -0.25) is 4.90 Å². The Morgan fingerprint density at radius 1 is 1.70 bits per heavy atom. The van der Waals surface area contributed by atoms with E-state index in [1.165, 1.54) is 0 Å². The topological polar surface area (TPSA) is 29.5 Å². The number of aldehydes is 1. The van der Waals surface area contributed by atoms with Crippen LogP contribution in [0.25, 0.3) is 0 Å². The second kappa shape index (κ2) is 2.32. The van der Waals surface area contributed by atoms with Crippen molar-refractivity contribution in [3.8, 4) is 0 Å². The zero-order valence-electron chi connectivity index (χ0n) is 6.63. The highest BCUT2D eigenvalue weighted by Gasteiger charge is 2.37. The van der Waals surface area contributed by atoms with Gasteiger partial charge in [-0.25, -0.2) is 0 Å². The summed E-state index contributed by atoms with van der Waals surface area (Å²) in [4.78, 5) is 12.3. The molecule has 0 radical (unpaired) electrons. The van der Waals surface area contributed by atoms with E-state index < -0.39 is 0 Å². The van der Waals surface area contributed by atoms with Gasteiger partial charge in [0.2, 0.25) is 0 Å². The van der Waals surface area contributed by atoms with Gasteiger partial charge in [-0.1, -0.05) is 0 Å². The molecule has 58 valence electrons. The lowest BCUT2D eigenvalue weighted by Gasteiger charge is -2.27. The molecule has 0 aliphatic carbocycles. The molecular formula is C7H13NO2. The van der Waals surface area contributed by atoms with Crippen LogP contribution in [0.3, 0.4) is 0 Å². The van der Waals surface area contributed by atoms with Crippen molar-refractivity contribution in [1.29, 1.82) is 0 Å². The van der Waals surface area contributed by atoms with Gasteiger partial charge in [-0.2, -0.15) is 0 Å². The Morgan fingerprint density at radius 3 is 2.50 bits per heavy atom. The third-order valence-corrected chi connectivity index (χ3v) is 2.11. The minimum Gasteiger partial charge on any atom is -0.359 e. The number of carbonyl (C=O) groups is 1. The summed E-state index contributed by atoms with van der Waals surface area (Å²) in [6, 6.07) is -0.0602. The first kappa shape index (κ1) is 7.69. The van der Waals surface area contributed by atoms with E-state index in [9.17, 15) is 4.79 Å². The molecule has 1 saturated heterocycles. The Morgan fingerprint density at radius 2 is 2.30 bits per heavy atom. The van der Waals surface area contributed by atoms with Gasteiger partial charge >= 0.3 is 0 Å². The maximum atomic E-state index is 10.4. The first-order valence-corrected chi connectivity index (χ1v) is 3.40. The molecule has 1 aliphatic rings. The molecular weight excluding hydrogens is 130 g/mol. The first-order valence-electron chi connectivity index (χ1n) is 3.40. The lowest BCUT2D eigenvalue weighted by Crippen LogP contribution is -2.41. The van der Waals surface area contributed by atoms with E-state index in [4.69, 9.17) is 4.74 Å². The average Bonchev–Trinajstić information content (AvgIpc) is 2.10. The summed E-state index contributed by atoms with van der Waals surface area (Å²) in [7, 11) is 1.89. The third-order valence-electron chi connectivity index (χ3n) is 2.11. The standard InChI is InChI=1S/C7H13NO2/c1-7(2)8(3)6(4-9)5-10-7/h4,6H,5H2,1-3H3. The maximum absolute atomic E-state index is 10.4. The minimum atomic E-state index is -0.272. The monoisotopic (exact) mass is 143 g/mol. The second-order valence-corrected chi connectivity index (χ2v) is 3.07. The van der Waals surface area contributed by atoms with Crippen LogP contribution >= 0.6 is 0 Å². The lowest BCUT2D eigenvalue weighted by atomic mass is 10.2. The fraction of sp³-hybridized carbons (Fsp3) is 0.857. The van der Waals surface area contributed by atoms with E-state index in [0.717, 1.165) is 6.29 Å². The highest BCUT2D eigenvalue weighted by Crippen LogP contribution is 2.23. The van der Waals surface area contributed by atoms with E-state index in [1.54, 1.807) is 0 Å². The van der Waals surface area contributed by atoms with Crippen LogP contribution < -0.4 is 0 Å². The molecule has 3 heteroatoms. The van der Waals surface area contributed by atoms with Crippen LogP contribution in [0.1, 0.15) is 13.8 Å². The lowest BCUT2D eigenvalue weighted by molar-refractivity contribution is -0.112. The van der Waals surface area contributed by atoms with Crippen LogP contribution in [0, 0.1) is 0 Å². The van der Waals surface area contributed by atoms with Crippen molar-refractivity contribution >= 4 is 6.29 Å². The highest BCUT2D eigenvalue weighted by molar-refractivity contribution is 5.58. The van der Waals surface area contributed by atoms with Gasteiger partial charge in [0.1, 0.15) is 12.0 Å². The molecule has 1 unspecified atom stereocenters. The molecule has 0 aromatic rings. The quantitative estimate of drug-likeness (QED) is 0.493. The Labute approximate surface area is 61.0 Å². The first-order chi connectivity index (χ1) is 4.58. The normalized spacial score (nSPS) is 32.5. The Hall–Kier alpha value is -0.410. The molecule has 0 spiro atoms. The van der Waals surface area contributed by atoms with Crippen molar-refractivity contribution in [2.75, 3.05) is 13.7 Å². The van der Waals surface area contributed by atoms with Gasteiger partial charge in [0.15, 0.2) is 0 Å². The van der Waals surface area contributed by atoms with E-state index >= 15 is 0 Å². The zero-order chi connectivity index (χ0) is 7.78. The number of likely N-dealkylation sites (N-methyl/N-ethyl adjacent to an activating group) is 1. The maximum Gasteiger partial charge on any atom is 0.139 e. The molecule has 10 heavy (non-hydrogen) atoms. The number of hydrogen-bond donors (Lipinski definition) is 0. The van der Waals surface area contributed by atoms with Crippen molar-refractivity contribution in [2.45, 2.75) is 25.6 Å². The molecule has 1 rings (SSSR count). The fourth-order valence-corrected chi connectivity index (χ4v) is 1.03. The van der Waals surface area contributed by atoms with Gasteiger partial charge in [0.05, 0.1) is 12.6 Å². The van der Waals surface area contributed by atoms with Crippen LogP contribution in [0.2, 0.25) is 0 Å². The predicted molar refractivity (Wildman–Crippen MR) is 37.6 cm³/mol. The SMILES string of the molecule is CN1C(C=O)COC1(C)C. The Bertz CT molecular complexity index is 145. The molecule has 3 nitrogen and oxygen atoms in total. The van der Waals surface area contributed by atoms with Crippen LogP contribution in [-0.2, 0) is 9.53 Å². The summed E-state index contributed by atoms with van der Waals surface area (Å²) in [5.74, 6) is 0. The average molecular weight is 143 g/mol. The number of ether oxygens (including phenoxy) is 1. The van der Waals surface area contributed by atoms with E-state index in [2.05, 4.69) is 0 Å².